The van der Waals surface area contributed by atoms with Gasteiger partial charge in [-0.15, -0.1) is 10.2 Å². The number of nitrogens with one attached hydrogen (secondary N) is 1. The number of carbonyl (C=O) groups excluding carboxylic acids is 1. The summed E-state index contributed by atoms with van der Waals surface area (Å²) in [6.07, 6.45) is 2.63. The van der Waals surface area contributed by atoms with Gasteiger partial charge in [-0.1, -0.05) is 58.5 Å². The number of thioether (sulfide) groups is 1. The van der Waals surface area contributed by atoms with Crippen LogP contribution >= 0.6 is 11.8 Å². The first-order chi connectivity index (χ1) is 15.7. The first-order valence-electron chi connectivity index (χ1n) is 11.7. The second kappa shape index (κ2) is 12.5. The van der Waals surface area contributed by atoms with Crippen molar-refractivity contribution >= 4 is 27.7 Å². The van der Waals surface area contributed by atoms with Gasteiger partial charge in [0.1, 0.15) is 0 Å². The van der Waals surface area contributed by atoms with Gasteiger partial charge in [-0.25, -0.2) is 8.42 Å². The molecule has 1 amide bonds. The predicted octanol–water partition coefficient (Wildman–Crippen LogP) is 4.34. The van der Waals surface area contributed by atoms with Crippen molar-refractivity contribution in [2.24, 2.45) is 0 Å². The Morgan fingerprint density at radius 2 is 1.76 bits per heavy atom. The molecule has 8 nitrogen and oxygen atoms in total. The second-order valence-corrected chi connectivity index (χ2v) is 10.8. The molecule has 0 aliphatic rings. The summed E-state index contributed by atoms with van der Waals surface area (Å²) < 4.78 is 29.4. The number of benzene rings is 1. The number of carbonyl (C=O) groups is 1. The monoisotopic (exact) mass is 495 g/mol. The van der Waals surface area contributed by atoms with Gasteiger partial charge < -0.3 is 5.32 Å². The van der Waals surface area contributed by atoms with Crippen LogP contribution in [0.5, 0.6) is 0 Å². The molecule has 0 aliphatic heterocycles. The molecule has 0 aliphatic carbocycles. The second-order valence-electron chi connectivity index (χ2n) is 7.92. The van der Waals surface area contributed by atoms with Crippen LogP contribution in [0.1, 0.15) is 66.8 Å². The van der Waals surface area contributed by atoms with Gasteiger partial charge in [0.15, 0.2) is 11.0 Å². The van der Waals surface area contributed by atoms with Crippen molar-refractivity contribution in [1.29, 1.82) is 0 Å². The molecule has 1 atom stereocenters. The van der Waals surface area contributed by atoms with Crippen LogP contribution in [-0.2, 0) is 14.8 Å². The quantitative estimate of drug-likeness (QED) is 0.415. The van der Waals surface area contributed by atoms with Crippen molar-refractivity contribution in [2.45, 2.75) is 82.9 Å². The predicted molar refractivity (Wildman–Crippen MR) is 134 cm³/mol. The molecule has 0 saturated carbocycles. The van der Waals surface area contributed by atoms with Crippen molar-refractivity contribution in [3.63, 3.8) is 0 Å². The minimum atomic E-state index is -3.58. The van der Waals surface area contributed by atoms with E-state index in [0.717, 1.165) is 19.3 Å². The first-order valence-corrected chi connectivity index (χ1v) is 14.1. The van der Waals surface area contributed by atoms with E-state index in [1.165, 1.54) is 16.1 Å². The topological polar surface area (TPSA) is 97.2 Å². The third-order valence-corrected chi connectivity index (χ3v) is 8.80. The number of hydrogen-bond acceptors (Lipinski definition) is 6. The number of amides is 1. The maximum atomic E-state index is 13.0. The van der Waals surface area contributed by atoms with Gasteiger partial charge in [0.05, 0.1) is 10.6 Å². The average molecular weight is 496 g/mol. The van der Waals surface area contributed by atoms with E-state index in [9.17, 15) is 13.2 Å². The zero-order chi connectivity index (χ0) is 24.6. The third kappa shape index (κ3) is 6.58. The first kappa shape index (κ1) is 27.3. The number of nitrogens with zero attached hydrogens (tertiary/aromatic N) is 4. The standard InChI is InChI=1S/C23H37N5O3S2/c1-7-17(6)28-22(25-26-23(28)32-16-21(29)24-19(8-2)9-3)18-13-12-14-20(15-18)33(30,31)27(10-4)11-5/h12-15,17,19H,7-11,16H2,1-6H3,(H,24,29). The van der Waals surface area contributed by atoms with Gasteiger partial charge >= 0.3 is 0 Å². The molecule has 0 radical (unpaired) electrons. The van der Waals surface area contributed by atoms with E-state index in [4.69, 9.17) is 0 Å². The molecular formula is C23H37N5O3S2. The van der Waals surface area contributed by atoms with Gasteiger partial charge in [-0.05, 0) is 38.3 Å². The van der Waals surface area contributed by atoms with Crippen molar-refractivity contribution in [1.82, 2.24) is 24.4 Å². The summed E-state index contributed by atoms with van der Waals surface area (Å²) in [6.45, 7) is 12.7. The van der Waals surface area contributed by atoms with Crippen LogP contribution in [0.25, 0.3) is 11.4 Å². The number of aromatic nitrogens is 3. The van der Waals surface area contributed by atoms with Gasteiger partial charge in [-0.2, -0.15) is 4.31 Å². The lowest BCUT2D eigenvalue weighted by Crippen LogP contribution is -2.35. The Kier molecular flexibility index (Phi) is 10.4. The Labute approximate surface area is 202 Å². The largest absolute Gasteiger partial charge is 0.353 e. The van der Waals surface area contributed by atoms with Crippen LogP contribution in [0.3, 0.4) is 0 Å². The van der Waals surface area contributed by atoms with Gasteiger partial charge in [0.2, 0.25) is 15.9 Å². The molecule has 1 aromatic heterocycles. The fourth-order valence-corrected chi connectivity index (χ4v) is 5.90. The molecule has 1 aromatic carbocycles. The normalized spacial score (nSPS) is 13.0. The van der Waals surface area contributed by atoms with Crippen LogP contribution in [0.15, 0.2) is 34.3 Å². The fourth-order valence-electron chi connectivity index (χ4n) is 3.55. The fraction of sp³-hybridized carbons (Fsp3) is 0.609. The SMILES string of the molecule is CCC(CC)NC(=O)CSc1nnc(-c2cccc(S(=O)(=O)N(CC)CC)c2)n1C(C)CC. The van der Waals surface area contributed by atoms with E-state index in [2.05, 4.69) is 43.2 Å². The van der Waals surface area contributed by atoms with Gasteiger partial charge in [-0.3, -0.25) is 9.36 Å². The molecule has 2 rings (SSSR count). The molecule has 33 heavy (non-hydrogen) atoms. The molecule has 1 N–H and O–H groups in total. The molecule has 1 unspecified atom stereocenters. The molecular weight excluding hydrogens is 458 g/mol. The van der Waals surface area contributed by atoms with Crippen molar-refractivity contribution in [2.75, 3.05) is 18.8 Å². The summed E-state index contributed by atoms with van der Waals surface area (Å²) in [5.74, 6) is 0.826. The zero-order valence-corrected chi connectivity index (χ0v) is 22.2. The molecule has 1 heterocycles. The van der Waals surface area contributed by atoms with Crippen molar-refractivity contribution < 1.29 is 13.2 Å². The summed E-state index contributed by atoms with van der Waals surface area (Å²) in [7, 11) is -3.58. The van der Waals surface area contributed by atoms with Crippen LogP contribution < -0.4 is 5.32 Å². The molecule has 0 spiro atoms. The molecule has 0 fully saturated rings. The molecule has 2 aromatic rings. The minimum Gasteiger partial charge on any atom is -0.353 e. The van der Waals surface area contributed by atoms with Gasteiger partial charge in [0.25, 0.3) is 0 Å². The minimum absolute atomic E-state index is 0.0266. The van der Waals surface area contributed by atoms with E-state index in [1.807, 2.05) is 24.5 Å². The van der Waals surface area contributed by atoms with E-state index < -0.39 is 10.0 Å². The van der Waals surface area contributed by atoms with E-state index >= 15 is 0 Å². The highest BCUT2D eigenvalue weighted by molar-refractivity contribution is 7.99. The van der Waals surface area contributed by atoms with E-state index in [0.29, 0.717) is 29.6 Å². The summed E-state index contributed by atoms with van der Waals surface area (Å²) in [5, 5.41) is 12.4. The number of sulfonamides is 1. The van der Waals surface area contributed by atoms with E-state index in [-0.39, 0.29) is 28.6 Å². The average Bonchev–Trinajstić information content (AvgIpc) is 3.25. The van der Waals surface area contributed by atoms with Crippen molar-refractivity contribution in [3.8, 4) is 11.4 Å². The molecule has 0 saturated heterocycles. The summed E-state index contributed by atoms with van der Waals surface area (Å²) in [5.41, 5.74) is 0.685. The summed E-state index contributed by atoms with van der Waals surface area (Å²) >= 11 is 1.35. The number of hydrogen-bond donors (Lipinski definition) is 1. The smallest absolute Gasteiger partial charge is 0.243 e. The maximum absolute atomic E-state index is 13.0. The Bertz CT molecular complexity index is 1010. The van der Waals surface area contributed by atoms with Crippen LogP contribution in [-0.4, -0.2) is 58.3 Å². The lowest BCUT2D eigenvalue weighted by molar-refractivity contribution is -0.119. The molecule has 184 valence electrons. The third-order valence-electron chi connectivity index (χ3n) is 5.81. The summed E-state index contributed by atoms with van der Waals surface area (Å²) in [4.78, 5) is 12.6. The van der Waals surface area contributed by atoms with Crippen LogP contribution in [0.4, 0.5) is 0 Å². The molecule has 10 heteroatoms. The highest BCUT2D eigenvalue weighted by atomic mass is 32.2. The Morgan fingerprint density at radius 3 is 2.33 bits per heavy atom. The van der Waals surface area contributed by atoms with E-state index in [1.54, 1.807) is 18.2 Å². The Hall–Kier alpha value is -1.91. The highest BCUT2D eigenvalue weighted by Crippen LogP contribution is 2.30. The Morgan fingerprint density at radius 1 is 1.09 bits per heavy atom. The lowest BCUT2D eigenvalue weighted by atomic mass is 10.2. The van der Waals surface area contributed by atoms with Gasteiger partial charge in [0, 0.05) is 30.7 Å². The Balaban J connectivity index is 2.37. The molecule has 0 bridgehead atoms. The number of rotatable bonds is 13. The highest BCUT2D eigenvalue weighted by Gasteiger charge is 2.24. The van der Waals surface area contributed by atoms with Crippen molar-refractivity contribution in [3.05, 3.63) is 24.3 Å². The van der Waals surface area contributed by atoms with Crippen LogP contribution in [0.2, 0.25) is 0 Å². The lowest BCUT2D eigenvalue weighted by Gasteiger charge is -2.19. The maximum Gasteiger partial charge on any atom is 0.243 e. The summed E-state index contributed by atoms with van der Waals surface area (Å²) in [6, 6.07) is 7.11. The van der Waals surface area contributed by atoms with Crippen LogP contribution in [0, 0.1) is 0 Å². The zero-order valence-electron chi connectivity index (χ0n) is 20.5.